The van der Waals surface area contributed by atoms with E-state index in [0.717, 1.165) is 11.8 Å². The van der Waals surface area contributed by atoms with Gasteiger partial charge in [-0.25, -0.2) is 18.7 Å². The van der Waals surface area contributed by atoms with E-state index in [1.54, 1.807) is 19.2 Å². The minimum absolute atomic E-state index is 0.340. The third kappa shape index (κ3) is 2.80. The van der Waals surface area contributed by atoms with Crippen LogP contribution in [0.1, 0.15) is 24.2 Å². The van der Waals surface area contributed by atoms with Gasteiger partial charge in [0.15, 0.2) is 0 Å². The van der Waals surface area contributed by atoms with E-state index in [-0.39, 0.29) is 6.04 Å². The molecule has 0 amide bonds. The zero-order chi connectivity index (χ0) is 13.1. The molecule has 0 saturated heterocycles. The lowest BCUT2D eigenvalue weighted by Crippen LogP contribution is -2.11. The standard InChI is InChI=1S/C13H13F2N3/c1-8-5-6-16-13(17-8)18-9(2)11-4-3-10(14)7-12(11)15/h3-7,9H,1-2H3,(H,16,17,18). The third-order valence-electron chi connectivity index (χ3n) is 2.57. The average molecular weight is 249 g/mol. The Kier molecular flexibility index (Phi) is 3.50. The number of rotatable bonds is 3. The van der Waals surface area contributed by atoms with Crippen molar-refractivity contribution in [2.24, 2.45) is 0 Å². The molecule has 2 aromatic rings. The Morgan fingerprint density at radius 3 is 2.67 bits per heavy atom. The number of aromatic nitrogens is 2. The number of nitrogens with zero attached hydrogens (tertiary/aromatic N) is 2. The van der Waals surface area contributed by atoms with E-state index >= 15 is 0 Å². The Morgan fingerprint density at radius 2 is 2.00 bits per heavy atom. The lowest BCUT2D eigenvalue weighted by Gasteiger charge is -2.15. The minimum atomic E-state index is -0.588. The van der Waals surface area contributed by atoms with Gasteiger partial charge in [0.1, 0.15) is 11.6 Å². The van der Waals surface area contributed by atoms with Crippen LogP contribution in [-0.2, 0) is 0 Å². The van der Waals surface area contributed by atoms with E-state index < -0.39 is 11.6 Å². The van der Waals surface area contributed by atoms with Gasteiger partial charge in [0, 0.05) is 23.5 Å². The second-order valence-corrected chi connectivity index (χ2v) is 4.05. The molecule has 0 bridgehead atoms. The molecule has 0 fully saturated rings. The van der Waals surface area contributed by atoms with Gasteiger partial charge in [0.2, 0.25) is 5.95 Å². The molecule has 1 N–H and O–H groups in total. The van der Waals surface area contributed by atoms with Crippen LogP contribution in [0.5, 0.6) is 0 Å². The molecule has 18 heavy (non-hydrogen) atoms. The molecule has 1 aromatic heterocycles. The fourth-order valence-corrected chi connectivity index (χ4v) is 1.64. The first-order chi connectivity index (χ1) is 8.56. The van der Waals surface area contributed by atoms with Crippen molar-refractivity contribution in [3.05, 3.63) is 53.4 Å². The summed E-state index contributed by atoms with van der Waals surface area (Å²) in [4.78, 5) is 8.20. The Hall–Kier alpha value is -2.04. The van der Waals surface area contributed by atoms with Gasteiger partial charge in [-0.3, -0.25) is 0 Å². The summed E-state index contributed by atoms with van der Waals surface area (Å²) in [6.45, 7) is 3.61. The second kappa shape index (κ2) is 5.08. The summed E-state index contributed by atoms with van der Waals surface area (Å²) in [7, 11) is 0. The van der Waals surface area contributed by atoms with Crippen LogP contribution in [0.3, 0.4) is 0 Å². The van der Waals surface area contributed by atoms with Crippen LogP contribution in [-0.4, -0.2) is 9.97 Å². The van der Waals surface area contributed by atoms with Crippen molar-refractivity contribution in [1.29, 1.82) is 0 Å². The molecule has 1 unspecified atom stereocenters. The lowest BCUT2D eigenvalue weighted by atomic mass is 10.1. The van der Waals surface area contributed by atoms with Crippen LogP contribution in [0.15, 0.2) is 30.5 Å². The molecule has 0 aliphatic rings. The fourth-order valence-electron chi connectivity index (χ4n) is 1.64. The number of nitrogens with one attached hydrogen (secondary N) is 1. The van der Waals surface area contributed by atoms with Crippen molar-refractivity contribution in [3.8, 4) is 0 Å². The highest BCUT2D eigenvalue weighted by Gasteiger charge is 2.12. The van der Waals surface area contributed by atoms with Gasteiger partial charge in [-0.1, -0.05) is 6.07 Å². The summed E-state index contributed by atoms with van der Waals surface area (Å²) < 4.78 is 26.4. The zero-order valence-corrected chi connectivity index (χ0v) is 10.1. The summed E-state index contributed by atoms with van der Waals surface area (Å²) in [6, 6.07) is 4.94. The molecule has 1 aromatic carbocycles. The fraction of sp³-hybridized carbons (Fsp3) is 0.231. The normalized spacial score (nSPS) is 12.2. The molecule has 1 heterocycles. The van der Waals surface area contributed by atoms with Crippen molar-refractivity contribution >= 4 is 5.95 Å². The first-order valence-electron chi connectivity index (χ1n) is 5.57. The number of hydrogen-bond acceptors (Lipinski definition) is 3. The van der Waals surface area contributed by atoms with Gasteiger partial charge in [0.05, 0.1) is 6.04 Å². The molecule has 1 atom stereocenters. The average Bonchev–Trinajstić information content (AvgIpc) is 2.28. The van der Waals surface area contributed by atoms with Crippen molar-refractivity contribution < 1.29 is 8.78 Å². The van der Waals surface area contributed by atoms with Gasteiger partial charge >= 0.3 is 0 Å². The van der Waals surface area contributed by atoms with Gasteiger partial charge in [-0.2, -0.15) is 0 Å². The van der Waals surface area contributed by atoms with Crippen LogP contribution < -0.4 is 5.32 Å². The molecule has 0 aliphatic heterocycles. The smallest absolute Gasteiger partial charge is 0.223 e. The second-order valence-electron chi connectivity index (χ2n) is 4.05. The molecule has 2 rings (SSSR count). The maximum Gasteiger partial charge on any atom is 0.223 e. The predicted octanol–water partition coefficient (Wildman–Crippen LogP) is 3.24. The third-order valence-corrected chi connectivity index (χ3v) is 2.57. The molecule has 0 aliphatic carbocycles. The Balaban J connectivity index is 2.19. The molecule has 0 saturated carbocycles. The quantitative estimate of drug-likeness (QED) is 0.907. The summed E-state index contributed by atoms with van der Waals surface area (Å²) in [5.41, 5.74) is 1.20. The molecule has 3 nitrogen and oxygen atoms in total. The maximum absolute atomic E-state index is 13.6. The highest BCUT2D eigenvalue weighted by atomic mass is 19.1. The Bertz CT molecular complexity index is 558. The Labute approximate surface area is 104 Å². The number of hydrogen-bond donors (Lipinski definition) is 1. The van der Waals surface area contributed by atoms with Crippen molar-refractivity contribution in [2.45, 2.75) is 19.9 Å². The van der Waals surface area contributed by atoms with Crippen molar-refractivity contribution in [2.75, 3.05) is 5.32 Å². The molecular formula is C13H13F2N3. The molecular weight excluding hydrogens is 236 g/mol. The van der Waals surface area contributed by atoms with Crippen LogP contribution in [0.4, 0.5) is 14.7 Å². The van der Waals surface area contributed by atoms with E-state index in [9.17, 15) is 8.78 Å². The van der Waals surface area contributed by atoms with Gasteiger partial charge in [-0.05, 0) is 26.0 Å². The van der Waals surface area contributed by atoms with Crippen molar-refractivity contribution in [1.82, 2.24) is 9.97 Å². The first-order valence-corrected chi connectivity index (χ1v) is 5.57. The van der Waals surface area contributed by atoms with Gasteiger partial charge in [0.25, 0.3) is 0 Å². The number of halogens is 2. The summed E-state index contributed by atoms with van der Waals surface area (Å²) in [6.07, 6.45) is 1.62. The number of aryl methyl sites for hydroxylation is 1. The first kappa shape index (κ1) is 12.4. The largest absolute Gasteiger partial charge is 0.348 e. The molecule has 94 valence electrons. The van der Waals surface area contributed by atoms with E-state index in [1.165, 1.54) is 12.1 Å². The monoisotopic (exact) mass is 249 g/mol. The highest BCUT2D eigenvalue weighted by Crippen LogP contribution is 2.20. The highest BCUT2D eigenvalue weighted by molar-refractivity contribution is 5.32. The van der Waals surface area contributed by atoms with Crippen molar-refractivity contribution in [3.63, 3.8) is 0 Å². The number of anilines is 1. The topological polar surface area (TPSA) is 37.8 Å². The van der Waals surface area contributed by atoms with Gasteiger partial charge in [-0.15, -0.1) is 0 Å². The van der Waals surface area contributed by atoms with E-state index in [4.69, 9.17) is 0 Å². The van der Waals surface area contributed by atoms with E-state index in [1.807, 2.05) is 6.92 Å². The summed E-state index contributed by atoms with van der Waals surface area (Å²) in [5, 5.41) is 2.97. The summed E-state index contributed by atoms with van der Waals surface area (Å²) >= 11 is 0. The predicted molar refractivity (Wildman–Crippen MR) is 65.2 cm³/mol. The maximum atomic E-state index is 13.6. The van der Waals surface area contributed by atoms with Crippen LogP contribution in [0, 0.1) is 18.6 Å². The zero-order valence-electron chi connectivity index (χ0n) is 10.1. The number of benzene rings is 1. The van der Waals surface area contributed by atoms with E-state index in [0.29, 0.717) is 11.5 Å². The summed E-state index contributed by atoms with van der Waals surface area (Å²) in [5.74, 6) is -0.746. The molecule has 5 heteroatoms. The van der Waals surface area contributed by atoms with E-state index in [2.05, 4.69) is 15.3 Å². The lowest BCUT2D eigenvalue weighted by molar-refractivity contribution is 0.566. The van der Waals surface area contributed by atoms with Crippen LogP contribution in [0.25, 0.3) is 0 Å². The Morgan fingerprint density at radius 1 is 1.22 bits per heavy atom. The van der Waals surface area contributed by atoms with Gasteiger partial charge < -0.3 is 5.32 Å². The molecule has 0 radical (unpaired) electrons. The minimum Gasteiger partial charge on any atom is -0.348 e. The van der Waals surface area contributed by atoms with Crippen LogP contribution >= 0.6 is 0 Å². The molecule has 0 spiro atoms. The SMILES string of the molecule is Cc1ccnc(NC(C)c2ccc(F)cc2F)n1. The van der Waals surface area contributed by atoms with Crippen LogP contribution in [0.2, 0.25) is 0 Å².